The molecule has 0 aromatic heterocycles. The number of ether oxygens (including phenoxy) is 1. The lowest BCUT2D eigenvalue weighted by Gasteiger charge is -2.25. The Morgan fingerprint density at radius 2 is 1.68 bits per heavy atom. The quantitative estimate of drug-likeness (QED) is 0.690. The smallest absolute Gasteiger partial charge is 0.426 e. The number of aliphatic hydroxyl groups is 1. The Morgan fingerprint density at radius 1 is 1.07 bits per heavy atom. The molecule has 0 bridgehead atoms. The van der Waals surface area contributed by atoms with Gasteiger partial charge in [-0.05, 0) is 49.4 Å². The maximum absolute atomic E-state index is 12.7. The van der Waals surface area contributed by atoms with Gasteiger partial charge in [-0.1, -0.05) is 11.6 Å². The summed E-state index contributed by atoms with van der Waals surface area (Å²) < 4.78 is 43.1. The molecule has 0 heterocycles. The first kappa shape index (κ1) is 21.5. The van der Waals surface area contributed by atoms with Crippen LogP contribution in [0, 0.1) is 0 Å². The van der Waals surface area contributed by atoms with Crippen LogP contribution < -0.4 is 15.4 Å². The molecule has 0 spiro atoms. The first-order valence-corrected chi connectivity index (χ1v) is 8.19. The largest absolute Gasteiger partial charge is 0.497 e. The minimum absolute atomic E-state index is 0.126. The second-order valence-electron chi connectivity index (χ2n) is 5.90. The minimum atomic E-state index is -5.16. The third kappa shape index (κ3) is 4.73. The van der Waals surface area contributed by atoms with E-state index in [4.69, 9.17) is 16.3 Å². The van der Waals surface area contributed by atoms with Crippen molar-refractivity contribution in [1.29, 1.82) is 0 Å². The topological polar surface area (TPSA) is 87.7 Å². The Morgan fingerprint density at radius 3 is 2.18 bits per heavy atom. The van der Waals surface area contributed by atoms with Crippen molar-refractivity contribution in [2.75, 3.05) is 17.7 Å². The predicted molar refractivity (Wildman–Crippen MR) is 97.7 cm³/mol. The number of carbonyl (C=O) groups is 2. The second-order valence-corrected chi connectivity index (χ2v) is 6.31. The number of benzene rings is 2. The van der Waals surface area contributed by atoms with E-state index in [2.05, 4.69) is 5.32 Å². The first-order valence-electron chi connectivity index (χ1n) is 7.81. The summed E-state index contributed by atoms with van der Waals surface area (Å²) in [7, 11) is 1.49. The molecular weight excluding hydrogens is 401 g/mol. The molecule has 2 rings (SSSR count). The number of alkyl halides is 3. The molecule has 0 saturated heterocycles. The van der Waals surface area contributed by atoms with Crippen molar-refractivity contribution in [2.45, 2.75) is 18.7 Å². The molecule has 3 N–H and O–H groups in total. The van der Waals surface area contributed by atoms with Gasteiger partial charge in [0.15, 0.2) is 0 Å². The summed E-state index contributed by atoms with van der Waals surface area (Å²) in [6.07, 6.45) is -5.16. The molecular formula is C18H16ClF3N2O4. The number of methoxy groups -OCH3 is 1. The van der Waals surface area contributed by atoms with Crippen LogP contribution in [0.15, 0.2) is 42.5 Å². The van der Waals surface area contributed by atoms with Gasteiger partial charge in [0.2, 0.25) is 5.60 Å². The lowest BCUT2D eigenvalue weighted by atomic mass is 10.1. The number of carbonyl (C=O) groups excluding carboxylic acids is 2. The summed E-state index contributed by atoms with van der Waals surface area (Å²) in [5.74, 6) is -1.55. The number of halogens is 4. The number of anilines is 2. The highest BCUT2D eigenvalue weighted by Crippen LogP contribution is 2.32. The molecule has 0 aliphatic carbocycles. The lowest BCUT2D eigenvalue weighted by molar-refractivity contribution is -0.242. The normalized spacial score (nSPS) is 13.4. The third-order valence-corrected chi connectivity index (χ3v) is 4.13. The van der Waals surface area contributed by atoms with Crippen LogP contribution in [0.5, 0.6) is 5.75 Å². The lowest BCUT2D eigenvalue weighted by Crippen LogP contribution is -2.52. The van der Waals surface area contributed by atoms with E-state index in [1.807, 2.05) is 5.32 Å². The van der Waals surface area contributed by atoms with E-state index in [0.717, 1.165) is 0 Å². The zero-order chi connectivity index (χ0) is 21.1. The van der Waals surface area contributed by atoms with Crippen LogP contribution in [0.1, 0.15) is 17.3 Å². The maximum Gasteiger partial charge on any atom is 0.426 e. The number of amides is 2. The van der Waals surface area contributed by atoms with Crippen LogP contribution in [-0.4, -0.2) is 35.8 Å². The Balaban J connectivity index is 2.11. The Hall–Kier alpha value is -2.78. The number of hydrogen-bond donors (Lipinski definition) is 3. The van der Waals surface area contributed by atoms with Crippen LogP contribution in [0.4, 0.5) is 24.5 Å². The third-order valence-electron chi connectivity index (χ3n) is 3.82. The van der Waals surface area contributed by atoms with Gasteiger partial charge in [0.05, 0.1) is 17.8 Å². The SMILES string of the molecule is COc1ccc(C(=O)Nc2ccc(NC(=O)[C@@](C)(O)C(F)(F)F)c(Cl)c2)cc1. The summed E-state index contributed by atoms with van der Waals surface area (Å²) in [4.78, 5) is 23.9. The fourth-order valence-electron chi connectivity index (χ4n) is 2.01. The average Bonchev–Trinajstić information content (AvgIpc) is 2.62. The van der Waals surface area contributed by atoms with E-state index < -0.39 is 23.6 Å². The van der Waals surface area contributed by atoms with Gasteiger partial charge >= 0.3 is 6.18 Å². The van der Waals surface area contributed by atoms with Crippen LogP contribution in [0.2, 0.25) is 5.02 Å². The second kappa shape index (κ2) is 8.07. The molecule has 0 aliphatic rings. The van der Waals surface area contributed by atoms with Gasteiger partial charge in [-0.15, -0.1) is 0 Å². The predicted octanol–water partition coefficient (Wildman–Crippen LogP) is 3.85. The molecule has 0 fully saturated rings. The number of nitrogens with one attached hydrogen (secondary N) is 2. The van der Waals surface area contributed by atoms with Crippen molar-refractivity contribution in [3.63, 3.8) is 0 Å². The zero-order valence-electron chi connectivity index (χ0n) is 14.7. The van der Waals surface area contributed by atoms with E-state index in [1.54, 1.807) is 24.3 Å². The van der Waals surface area contributed by atoms with Gasteiger partial charge in [0.25, 0.3) is 11.8 Å². The van der Waals surface area contributed by atoms with Crippen molar-refractivity contribution < 1.29 is 32.6 Å². The van der Waals surface area contributed by atoms with Crippen LogP contribution >= 0.6 is 11.6 Å². The van der Waals surface area contributed by atoms with Gasteiger partial charge < -0.3 is 20.5 Å². The summed E-state index contributed by atoms with van der Waals surface area (Å²) in [5, 5.41) is 13.7. The molecule has 2 aromatic carbocycles. The Kier molecular flexibility index (Phi) is 6.20. The molecule has 2 aromatic rings. The van der Waals surface area contributed by atoms with E-state index in [0.29, 0.717) is 18.2 Å². The molecule has 6 nitrogen and oxygen atoms in total. The van der Waals surface area contributed by atoms with Gasteiger partial charge in [-0.25, -0.2) is 0 Å². The molecule has 1 atom stereocenters. The van der Waals surface area contributed by atoms with Gasteiger partial charge in [-0.2, -0.15) is 13.2 Å². The van der Waals surface area contributed by atoms with Crippen molar-refractivity contribution in [3.8, 4) is 5.75 Å². The molecule has 0 aliphatic heterocycles. The fourth-order valence-corrected chi connectivity index (χ4v) is 2.24. The van der Waals surface area contributed by atoms with Crippen molar-refractivity contribution in [1.82, 2.24) is 0 Å². The van der Waals surface area contributed by atoms with Crippen LogP contribution in [-0.2, 0) is 4.79 Å². The van der Waals surface area contributed by atoms with Gasteiger partial charge in [0.1, 0.15) is 5.75 Å². The number of rotatable bonds is 5. The fraction of sp³-hybridized carbons (Fsp3) is 0.222. The van der Waals surface area contributed by atoms with Gasteiger partial charge in [-0.3, -0.25) is 9.59 Å². The molecule has 0 saturated carbocycles. The van der Waals surface area contributed by atoms with E-state index >= 15 is 0 Å². The van der Waals surface area contributed by atoms with Crippen molar-refractivity contribution in [3.05, 3.63) is 53.1 Å². The monoisotopic (exact) mass is 416 g/mol. The number of hydrogen-bond acceptors (Lipinski definition) is 4. The molecule has 2 amide bonds. The summed E-state index contributed by atoms with van der Waals surface area (Å²) in [6.45, 7) is 0.333. The Bertz CT molecular complexity index is 883. The summed E-state index contributed by atoms with van der Waals surface area (Å²) in [5.41, 5.74) is -3.14. The highest BCUT2D eigenvalue weighted by molar-refractivity contribution is 6.34. The average molecular weight is 417 g/mol. The van der Waals surface area contributed by atoms with Crippen LogP contribution in [0.25, 0.3) is 0 Å². The standard InChI is InChI=1S/C18H16ClF3N2O4/c1-17(27,18(20,21)22)16(26)24-14-8-5-11(9-13(14)19)23-15(25)10-3-6-12(28-2)7-4-10/h3-9,27H,1-2H3,(H,23,25)(H,24,26)/t17-/m1/s1. The van der Waals surface area contributed by atoms with E-state index in [-0.39, 0.29) is 16.4 Å². The van der Waals surface area contributed by atoms with Crippen molar-refractivity contribution in [2.24, 2.45) is 0 Å². The van der Waals surface area contributed by atoms with Crippen LogP contribution in [0.3, 0.4) is 0 Å². The van der Waals surface area contributed by atoms with E-state index in [1.165, 1.54) is 25.3 Å². The highest BCUT2D eigenvalue weighted by atomic mass is 35.5. The summed E-state index contributed by atoms with van der Waals surface area (Å²) in [6, 6.07) is 10.1. The first-order chi connectivity index (χ1) is 13.0. The maximum atomic E-state index is 12.7. The zero-order valence-corrected chi connectivity index (χ0v) is 15.5. The molecule has 0 radical (unpaired) electrons. The Labute approximate surface area is 163 Å². The molecule has 28 heavy (non-hydrogen) atoms. The highest BCUT2D eigenvalue weighted by Gasteiger charge is 2.55. The molecule has 150 valence electrons. The molecule has 0 unspecified atom stereocenters. The summed E-state index contributed by atoms with van der Waals surface area (Å²) >= 11 is 5.96. The van der Waals surface area contributed by atoms with Gasteiger partial charge in [0, 0.05) is 11.3 Å². The molecule has 10 heteroatoms. The minimum Gasteiger partial charge on any atom is -0.497 e. The van der Waals surface area contributed by atoms with E-state index in [9.17, 15) is 27.9 Å². The van der Waals surface area contributed by atoms with Crippen molar-refractivity contribution >= 4 is 34.8 Å².